The lowest BCUT2D eigenvalue weighted by Crippen LogP contribution is -2.43. The molecule has 0 aromatic heterocycles. The van der Waals surface area contributed by atoms with E-state index in [9.17, 15) is 0 Å². The first-order valence-electron chi connectivity index (χ1n) is 8.66. The Morgan fingerprint density at radius 3 is 2.38 bits per heavy atom. The molecule has 0 bridgehead atoms. The first-order valence-corrected chi connectivity index (χ1v) is 8.66. The van der Waals surface area contributed by atoms with Crippen LogP contribution in [0.4, 0.5) is 5.69 Å². The van der Waals surface area contributed by atoms with Gasteiger partial charge in [-0.1, -0.05) is 44.9 Å². The van der Waals surface area contributed by atoms with Crippen LogP contribution in [0.25, 0.3) is 0 Å². The van der Waals surface area contributed by atoms with Crippen molar-refractivity contribution in [1.82, 2.24) is 5.32 Å². The summed E-state index contributed by atoms with van der Waals surface area (Å²) in [5.74, 6) is 0.736. The van der Waals surface area contributed by atoms with Crippen LogP contribution in [0.3, 0.4) is 0 Å². The van der Waals surface area contributed by atoms with E-state index >= 15 is 0 Å². The Morgan fingerprint density at radius 2 is 1.81 bits per heavy atom. The number of benzene rings is 1. The van der Waals surface area contributed by atoms with Crippen molar-refractivity contribution in [3.63, 3.8) is 0 Å². The maximum atomic E-state index is 3.72. The van der Waals surface area contributed by atoms with E-state index in [4.69, 9.17) is 0 Å². The van der Waals surface area contributed by atoms with E-state index < -0.39 is 0 Å². The predicted octanol–water partition coefficient (Wildman–Crippen LogP) is 4.32. The summed E-state index contributed by atoms with van der Waals surface area (Å²) >= 11 is 0. The van der Waals surface area contributed by atoms with Crippen LogP contribution >= 0.6 is 0 Å². The summed E-state index contributed by atoms with van der Waals surface area (Å²) in [5.41, 5.74) is 1.84. The second kappa shape index (κ2) is 7.84. The highest BCUT2D eigenvalue weighted by Gasteiger charge is 2.35. The molecule has 1 saturated carbocycles. The average Bonchev–Trinajstić information content (AvgIpc) is 2.94. The normalized spacial score (nSPS) is 17.3. The van der Waals surface area contributed by atoms with Crippen molar-refractivity contribution in [3.8, 4) is 0 Å². The van der Waals surface area contributed by atoms with Gasteiger partial charge in [-0.05, 0) is 44.4 Å². The smallest absolute Gasteiger partial charge is 0.0366 e. The molecule has 0 aliphatic heterocycles. The quantitative estimate of drug-likeness (QED) is 0.766. The maximum absolute atomic E-state index is 3.72. The van der Waals surface area contributed by atoms with Gasteiger partial charge in [0, 0.05) is 30.7 Å². The predicted molar refractivity (Wildman–Crippen MR) is 92.9 cm³/mol. The zero-order valence-corrected chi connectivity index (χ0v) is 14.1. The lowest BCUT2D eigenvalue weighted by molar-refractivity contribution is 0.279. The largest absolute Gasteiger partial charge is 0.371 e. The van der Waals surface area contributed by atoms with Gasteiger partial charge < -0.3 is 10.2 Å². The third-order valence-electron chi connectivity index (χ3n) is 4.75. The molecular formula is C19H32N2. The Hall–Kier alpha value is -1.02. The van der Waals surface area contributed by atoms with Gasteiger partial charge in [0.2, 0.25) is 0 Å². The van der Waals surface area contributed by atoms with E-state index in [1.165, 1.54) is 44.5 Å². The van der Waals surface area contributed by atoms with Crippen LogP contribution in [0.15, 0.2) is 30.3 Å². The van der Waals surface area contributed by atoms with Gasteiger partial charge in [-0.3, -0.25) is 0 Å². The van der Waals surface area contributed by atoms with Gasteiger partial charge >= 0.3 is 0 Å². The van der Waals surface area contributed by atoms with Gasteiger partial charge in [0.1, 0.15) is 0 Å². The van der Waals surface area contributed by atoms with Crippen molar-refractivity contribution in [2.75, 3.05) is 31.1 Å². The van der Waals surface area contributed by atoms with Gasteiger partial charge in [-0.2, -0.15) is 0 Å². The molecule has 0 saturated heterocycles. The summed E-state index contributed by atoms with van der Waals surface area (Å²) in [4.78, 5) is 2.56. The van der Waals surface area contributed by atoms with E-state index in [1.54, 1.807) is 0 Å². The van der Waals surface area contributed by atoms with Crippen LogP contribution in [0, 0.1) is 11.3 Å². The molecule has 21 heavy (non-hydrogen) atoms. The maximum Gasteiger partial charge on any atom is 0.0366 e. The average molecular weight is 288 g/mol. The SMILES string of the molecule is CCN(CC1(CNCC(C)C)CCCC1)c1ccccc1. The van der Waals surface area contributed by atoms with Crippen LogP contribution in [0.1, 0.15) is 46.5 Å². The minimum atomic E-state index is 0.473. The van der Waals surface area contributed by atoms with Crippen molar-refractivity contribution in [2.24, 2.45) is 11.3 Å². The van der Waals surface area contributed by atoms with Gasteiger partial charge in [-0.25, -0.2) is 0 Å². The molecule has 2 rings (SSSR count). The van der Waals surface area contributed by atoms with E-state index in [1.807, 2.05) is 0 Å². The van der Waals surface area contributed by atoms with Crippen molar-refractivity contribution in [1.29, 1.82) is 0 Å². The Bertz CT molecular complexity index is 393. The van der Waals surface area contributed by atoms with Crippen LogP contribution in [0.5, 0.6) is 0 Å². The number of anilines is 1. The molecule has 0 heterocycles. The minimum Gasteiger partial charge on any atom is -0.371 e. The molecule has 2 heteroatoms. The fourth-order valence-corrected chi connectivity index (χ4v) is 3.57. The molecule has 0 unspecified atom stereocenters. The second-order valence-corrected chi connectivity index (χ2v) is 7.08. The Kier molecular flexibility index (Phi) is 6.10. The van der Waals surface area contributed by atoms with Crippen molar-refractivity contribution < 1.29 is 0 Å². The molecule has 1 fully saturated rings. The highest BCUT2D eigenvalue weighted by molar-refractivity contribution is 5.46. The van der Waals surface area contributed by atoms with E-state index in [2.05, 4.69) is 61.3 Å². The fourth-order valence-electron chi connectivity index (χ4n) is 3.57. The number of hydrogen-bond donors (Lipinski definition) is 1. The first-order chi connectivity index (χ1) is 10.2. The standard InChI is InChI=1S/C19H32N2/c1-4-21(18-10-6-5-7-11-18)16-19(12-8-9-13-19)15-20-14-17(2)3/h5-7,10-11,17,20H,4,8-9,12-16H2,1-3H3. The number of rotatable bonds is 8. The lowest BCUT2D eigenvalue weighted by atomic mass is 9.85. The van der Waals surface area contributed by atoms with Gasteiger partial charge in [0.05, 0.1) is 0 Å². The Morgan fingerprint density at radius 1 is 1.14 bits per heavy atom. The third-order valence-corrected chi connectivity index (χ3v) is 4.75. The summed E-state index contributed by atoms with van der Waals surface area (Å²) in [5, 5.41) is 3.72. The monoisotopic (exact) mass is 288 g/mol. The summed E-state index contributed by atoms with van der Waals surface area (Å²) in [6.45, 7) is 11.5. The summed E-state index contributed by atoms with van der Waals surface area (Å²) in [7, 11) is 0. The lowest BCUT2D eigenvalue weighted by Gasteiger charge is -2.36. The number of hydrogen-bond acceptors (Lipinski definition) is 2. The molecule has 1 aromatic rings. The summed E-state index contributed by atoms with van der Waals surface area (Å²) in [6, 6.07) is 10.9. The highest BCUT2D eigenvalue weighted by Crippen LogP contribution is 2.39. The molecular weight excluding hydrogens is 256 g/mol. The number of nitrogens with one attached hydrogen (secondary N) is 1. The zero-order chi connectivity index (χ0) is 15.1. The van der Waals surface area contributed by atoms with E-state index in [0.717, 1.165) is 19.0 Å². The summed E-state index contributed by atoms with van der Waals surface area (Å²) < 4.78 is 0. The Balaban J connectivity index is 2.00. The molecule has 2 nitrogen and oxygen atoms in total. The van der Waals surface area contributed by atoms with Crippen molar-refractivity contribution in [3.05, 3.63) is 30.3 Å². The molecule has 118 valence electrons. The Labute approximate surface area is 130 Å². The van der Waals surface area contributed by atoms with Crippen LogP contribution in [-0.2, 0) is 0 Å². The van der Waals surface area contributed by atoms with Gasteiger partial charge in [-0.15, -0.1) is 0 Å². The topological polar surface area (TPSA) is 15.3 Å². The van der Waals surface area contributed by atoms with Gasteiger partial charge in [0.25, 0.3) is 0 Å². The summed E-state index contributed by atoms with van der Waals surface area (Å²) in [6.07, 6.45) is 5.55. The number of nitrogens with zero attached hydrogens (tertiary/aromatic N) is 1. The molecule has 1 N–H and O–H groups in total. The molecule has 0 atom stereocenters. The van der Waals surface area contributed by atoms with Crippen LogP contribution < -0.4 is 10.2 Å². The third kappa shape index (κ3) is 4.74. The van der Waals surface area contributed by atoms with E-state index in [0.29, 0.717) is 5.41 Å². The van der Waals surface area contributed by atoms with Crippen molar-refractivity contribution in [2.45, 2.75) is 46.5 Å². The minimum absolute atomic E-state index is 0.473. The molecule has 0 amide bonds. The second-order valence-electron chi connectivity index (χ2n) is 7.08. The van der Waals surface area contributed by atoms with E-state index in [-0.39, 0.29) is 0 Å². The molecule has 1 aliphatic rings. The number of para-hydroxylation sites is 1. The van der Waals surface area contributed by atoms with Crippen molar-refractivity contribution >= 4 is 5.69 Å². The highest BCUT2D eigenvalue weighted by atomic mass is 15.1. The molecule has 0 spiro atoms. The fraction of sp³-hybridized carbons (Fsp3) is 0.684. The van der Waals surface area contributed by atoms with Crippen LogP contribution in [-0.4, -0.2) is 26.2 Å². The van der Waals surface area contributed by atoms with Gasteiger partial charge in [0.15, 0.2) is 0 Å². The zero-order valence-electron chi connectivity index (χ0n) is 14.1. The van der Waals surface area contributed by atoms with Crippen LogP contribution in [0.2, 0.25) is 0 Å². The molecule has 1 aromatic carbocycles. The molecule has 0 radical (unpaired) electrons. The molecule has 1 aliphatic carbocycles. The first kappa shape index (κ1) is 16.4.